The maximum atomic E-state index is 11.6. The smallest absolute Gasteiger partial charge is 0.314 e. The lowest BCUT2D eigenvalue weighted by Gasteiger charge is -2.37. The molecule has 0 unspecified atom stereocenters. The lowest BCUT2D eigenvalue weighted by Crippen LogP contribution is -2.50. The van der Waals surface area contributed by atoms with Gasteiger partial charge in [-0.05, 0) is 25.9 Å². The van der Waals surface area contributed by atoms with Crippen LogP contribution in [0.25, 0.3) is 0 Å². The van der Waals surface area contributed by atoms with Gasteiger partial charge in [0.15, 0.2) is 0 Å². The molecule has 0 atom stereocenters. The summed E-state index contributed by atoms with van der Waals surface area (Å²) in [6.07, 6.45) is 2.24. The van der Waals surface area contributed by atoms with Gasteiger partial charge in [-0.25, -0.2) is 4.79 Å². The summed E-state index contributed by atoms with van der Waals surface area (Å²) in [7, 11) is 0. The zero-order valence-electron chi connectivity index (χ0n) is 11.9. The van der Waals surface area contributed by atoms with E-state index in [4.69, 9.17) is 5.11 Å². The molecule has 6 nitrogen and oxygen atoms in total. The average Bonchev–Trinajstić information content (AvgIpc) is 2.33. The fourth-order valence-electron chi connectivity index (χ4n) is 2.25. The monoisotopic (exact) mass is 271 g/mol. The van der Waals surface area contributed by atoms with E-state index >= 15 is 0 Å². The minimum absolute atomic E-state index is 0.222. The van der Waals surface area contributed by atoms with Crippen LogP contribution in [0.2, 0.25) is 0 Å². The first kappa shape index (κ1) is 15.8. The third-order valence-electron chi connectivity index (χ3n) is 3.96. The summed E-state index contributed by atoms with van der Waals surface area (Å²) in [5.74, 6) is -0.804. The molecule has 110 valence electrons. The van der Waals surface area contributed by atoms with E-state index in [0.29, 0.717) is 19.4 Å². The number of nitrogens with one attached hydrogen (secondary N) is 2. The number of nitrogens with zero attached hydrogens (tertiary/aromatic N) is 1. The second-order valence-electron chi connectivity index (χ2n) is 5.08. The first-order valence-corrected chi connectivity index (χ1v) is 7.01. The van der Waals surface area contributed by atoms with Gasteiger partial charge in [-0.2, -0.15) is 0 Å². The van der Waals surface area contributed by atoms with Crippen LogP contribution in [0.5, 0.6) is 0 Å². The highest BCUT2D eigenvalue weighted by atomic mass is 16.4. The lowest BCUT2D eigenvalue weighted by molar-refractivity contribution is -0.153. The second-order valence-corrected chi connectivity index (χ2v) is 5.08. The molecule has 1 aliphatic rings. The SMILES string of the molecule is CCN(CC)CCNC(=O)NCC1(C(=O)O)CCC1. The van der Waals surface area contributed by atoms with Crippen molar-refractivity contribution in [1.29, 1.82) is 0 Å². The largest absolute Gasteiger partial charge is 0.481 e. The summed E-state index contributed by atoms with van der Waals surface area (Å²) in [5, 5.41) is 14.6. The van der Waals surface area contributed by atoms with Crippen molar-refractivity contribution in [3.63, 3.8) is 0 Å². The van der Waals surface area contributed by atoms with E-state index in [9.17, 15) is 9.59 Å². The number of amides is 2. The van der Waals surface area contributed by atoms with Crippen LogP contribution in [0, 0.1) is 5.41 Å². The van der Waals surface area contributed by atoms with Crippen LogP contribution >= 0.6 is 0 Å². The minimum Gasteiger partial charge on any atom is -0.481 e. The predicted octanol–water partition coefficient (Wildman–Crippen LogP) is 0.882. The number of likely N-dealkylation sites (N-methyl/N-ethyl adjacent to an activating group) is 1. The Morgan fingerprint density at radius 2 is 1.84 bits per heavy atom. The van der Waals surface area contributed by atoms with E-state index in [1.165, 1.54) is 0 Å². The number of rotatable bonds is 8. The normalized spacial score (nSPS) is 16.8. The van der Waals surface area contributed by atoms with E-state index in [0.717, 1.165) is 26.1 Å². The van der Waals surface area contributed by atoms with Gasteiger partial charge >= 0.3 is 12.0 Å². The van der Waals surface area contributed by atoms with Gasteiger partial charge < -0.3 is 20.6 Å². The van der Waals surface area contributed by atoms with Crippen molar-refractivity contribution in [2.45, 2.75) is 33.1 Å². The molecule has 6 heteroatoms. The summed E-state index contributed by atoms with van der Waals surface area (Å²) in [6, 6.07) is -0.278. The molecule has 0 heterocycles. The van der Waals surface area contributed by atoms with Crippen LogP contribution in [-0.4, -0.2) is 54.7 Å². The molecule has 1 fully saturated rings. The Bertz CT molecular complexity index is 312. The Hall–Kier alpha value is -1.30. The molecule has 0 aromatic heterocycles. The van der Waals surface area contributed by atoms with Crippen LogP contribution in [-0.2, 0) is 4.79 Å². The Morgan fingerprint density at radius 1 is 1.21 bits per heavy atom. The van der Waals surface area contributed by atoms with Gasteiger partial charge in [0.05, 0.1) is 5.41 Å². The molecular weight excluding hydrogens is 246 g/mol. The molecule has 0 aromatic carbocycles. The van der Waals surface area contributed by atoms with Crippen molar-refractivity contribution in [3.05, 3.63) is 0 Å². The topological polar surface area (TPSA) is 81.7 Å². The van der Waals surface area contributed by atoms with Crippen LogP contribution in [0.1, 0.15) is 33.1 Å². The number of hydrogen-bond acceptors (Lipinski definition) is 3. The Balaban J connectivity index is 2.19. The molecular formula is C13H25N3O3. The fourth-order valence-corrected chi connectivity index (χ4v) is 2.25. The van der Waals surface area contributed by atoms with Gasteiger partial charge in [0, 0.05) is 19.6 Å². The van der Waals surface area contributed by atoms with Gasteiger partial charge in [-0.15, -0.1) is 0 Å². The third kappa shape index (κ3) is 4.38. The van der Waals surface area contributed by atoms with E-state index in [1.54, 1.807) is 0 Å². The van der Waals surface area contributed by atoms with E-state index in [-0.39, 0.29) is 12.6 Å². The van der Waals surface area contributed by atoms with Gasteiger partial charge in [-0.3, -0.25) is 4.79 Å². The lowest BCUT2D eigenvalue weighted by atomic mass is 9.69. The predicted molar refractivity (Wildman–Crippen MR) is 73.1 cm³/mol. The third-order valence-corrected chi connectivity index (χ3v) is 3.96. The standard InChI is InChI=1S/C13H25N3O3/c1-3-16(4-2)9-8-14-12(19)15-10-13(11(17)18)6-5-7-13/h3-10H2,1-2H3,(H,17,18)(H2,14,15,19). The van der Waals surface area contributed by atoms with Crippen molar-refractivity contribution < 1.29 is 14.7 Å². The summed E-state index contributed by atoms with van der Waals surface area (Å²) < 4.78 is 0. The van der Waals surface area contributed by atoms with Crippen LogP contribution in [0.15, 0.2) is 0 Å². The molecule has 0 aliphatic heterocycles. The zero-order valence-corrected chi connectivity index (χ0v) is 11.9. The Kier molecular flexibility index (Phi) is 6.08. The molecule has 1 aliphatic carbocycles. The number of carboxylic acids is 1. The number of carbonyl (C=O) groups is 2. The van der Waals surface area contributed by atoms with E-state index < -0.39 is 11.4 Å². The van der Waals surface area contributed by atoms with Crippen molar-refractivity contribution in [2.24, 2.45) is 5.41 Å². The molecule has 0 spiro atoms. The molecule has 1 rings (SSSR count). The number of hydrogen-bond donors (Lipinski definition) is 3. The molecule has 0 saturated heterocycles. The van der Waals surface area contributed by atoms with Crippen LogP contribution < -0.4 is 10.6 Å². The summed E-state index contributed by atoms with van der Waals surface area (Å²) in [4.78, 5) is 24.9. The fraction of sp³-hybridized carbons (Fsp3) is 0.846. The maximum Gasteiger partial charge on any atom is 0.314 e. The first-order chi connectivity index (χ1) is 9.04. The highest BCUT2D eigenvalue weighted by Crippen LogP contribution is 2.40. The molecule has 2 amide bonds. The van der Waals surface area contributed by atoms with Crippen molar-refractivity contribution in [1.82, 2.24) is 15.5 Å². The van der Waals surface area contributed by atoms with Crippen LogP contribution in [0.4, 0.5) is 4.79 Å². The molecule has 0 bridgehead atoms. The molecule has 0 radical (unpaired) electrons. The minimum atomic E-state index is -0.804. The number of aliphatic carboxylic acids is 1. The van der Waals surface area contributed by atoms with Crippen molar-refractivity contribution in [2.75, 3.05) is 32.7 Å². The van der Waals surface area contributed by atoms with Crippen molar-refractivity contribution in [3.8, 4) is 0 Å². The number of carboxylic acid groups (broad SMARTS) is 1. The zero-order chi connectivity index (χ0) is 14.3. The molecule has 1 saturated carbocycles. The number of urea groups is 1. The molecule has 0 aromatic rings. The van der Waals surface area contributed by atoms with Crippen molar-refractivity contribution >= 4 is 12.0 Å². The van der Waals surface area contributed by atoms with E-state index in [1.807, 2.05) is 0 Å². The summed E-state index contributed by atoms with van der Waals surface area (Å²) >= 11 is 0. The second kappa shape index (κ2) is 7.33. The highest BCUT2D eigenvalue weighted by molar-refractivity contribution is 5.78. The summed E-state index contributed by atoms with van der Waals surface area (Å²) in [6.45, 7) is 7.69. The Morgan fingerprint density at radius 3 is 2.26 bits per heavy atom. The Labute approximate surface area is 114 Å². The van der Waals surface area contributed by atoms with Gasteiger partial charge in [0.1, 0.15) is 0 Å². The molecule has 3 N–H and O–H groups in total. The van der Waals surface area contributed by atoms with Gasteiger partial charge in [0.25, 0.3) is 0 Å². The van der Waals surface area contributed by atoms with Gasteiger partial charge in [-0.1, -0.05) is 20.3 Å². The maximum absolute atomic E-state index is 11.6. The number of carbonyl (C=O) groups excluding carboxylic acids is 1. The first-order valence-electron chi connectivity index (χ1n) is 7.01. The van der Waals surface area contributed by atoms with E-state index in [2.05, 4.69) is 29.4 Å². The molecule has 19 heavy (non-hydrogen) atoms. The quantitative estimate of drug-likeness (QED) is 0.612. The van der Waals surface area contributed by atoms with Crippen LogP contribution in [0.3, 0.4) is 0 Å². The van der Waals surface area contributed by atoms with Gasteiger partial charge in [0.2, 0.25) is 0 Å². The highest BCUT2D eigenvalue weighted by Gasteiger charge is 2.44. The summed E-state index contributed by atoms with van der Waals surface area (Å²) in [5.41, 5.74) is -0.726. The average molecular weight is 271 g/mol.